The first-order valence-corrected chi connectivity index (χ1v) is 6.60. The fourth-order valence-corrected chi connectivity index (χ4v) is 2.20. The number of aryl methyl sites for hydroxylation is 2. The number of ether oxygens (including phenoxy) is 1. The Bertz CT molecular complexity index is 785. The van der Waals surface area contributed by atoms with Crippen LogP contribution < -0.4 is 10.3 Å². The Kier molecular flexibility index (Phi) is 4.08. The van der Waals surface area contributed by atoms with Crippen LogP contribution in [0.3, 0.4) is 0 Å². The predicted molar refractivity (Wildman–Crippen MR) is 79.5 cm³/mol. The Labute approximate surface area is 123 Å². The van der Waals surface area contributed by atoms with Crippen molar-refractivity contribution in [3.63, 3.8) is 0 Å². The van der Waals surface area contributed by atoms with Crippen LogP contribution >= 0.6 is 0 Å². The summed E-state index contributed by atoms with van der Waals surface area (Å²) in [5, 5.41) is 13.4. The van der Waals surface area contributed by atoms with E-state index in [2.05, 4.69) is 5.10 Å². The lowest BCUT2D eigenvalue weighted by Gasteiger charge is -2.12. The van der Waals surface area contributed by atoms with Crippen molar-refractivity contribution >= 4 is 0 Å². The van der Waals surface area contributed by atoms with Crippen LogP contribution in [0.15, 0.2) is 23.0 Å². The zero-order chi connectivity index (χ0) is 15.6. The van der Waals surface area contributed by atoms with Gasteiger partial charge in [0.05, 0.1) is 19.3 Å². The lowest BCUT2D eigenvalue weighted by Crippen LogP contribution is -2.28. The van der Waals surface area contributed by atoms with Gasteiger partial charge in [0, 0.05) is 5.56 Å². The van der Waals surface area contributed by atoms with Gasteiger partial charge in [-0.15, -0.1) is 0 Å². The van der Waals surface area contributed by atoms with Gasteiger partial charge in [0.1, 0.15) is 17.4 Å². The van der Waals surface area contributed by atoms with Crippen LogP contribution in [0.4, 0.5) is 0 Å². The monoisotopic (exact) mass is 283 g/mol. The maximum absolute atomic E-state index is 12.3. The van der Waals surface area contributed by atoms with Crippen molar-refractivity contribution in [3.05, 3.63) is 56.5 Å². The second kappa shape index (κ2) is 5.80. The smallest absolute Gasteiger partial charge is 0.285 e. The van der Waals surface area contributed by atoms with E-state index in [0.29, 0.717) is 17.0 Å². The number of nitrogens with zero attached hydrogens (tertiary/aromatic N) is 3. The molecule has 21 heavy (non-hydrogen) atoms. The third-order valence-electron chi connectivity index (χ3n) is 3.50. The second-order valence-electron chi connectivity index (χ2n) is 4.98. The molecule has 0 saturated heterocycles. The topological polar surface area (TPSA) is 67.9 Å². The highest BCUT2D eigenvalue weighted by atomic mass is 16.5. The van der Waals surface area contributed by atoms with Crippen molar-refractivity contribution in [2.45, 2.75) is 27.3 Å². The van der Waals surface area contributed by atoms with Gasteiger partial charge >= 0.3 is 0 Å². The lowest BCUT2D eigenvalue weighted by atomic mass is 10.1. The molecule has 1 aromatic heterocycles. The summed E-state index contributed by atoms with van der Waals surface area (Å²) in [6.07, 6.45) is 0. The SMILES string of the molecule is COc1ccc(C)cc1Cn1nc(C)c(C)c(C#N)c1=O. The maximum Gasteiger partial charge on any atom is 0.285 e. The highest BCUT2D eigenvalue weighted by molar-refractivity contribution is 5.39. The van der Waals surface area contributed by atoms with Crippen molar-refractivity contribution in [1.82, 2.24) is 9.78 Å². The normalized spacial score (nSPS) is 10.2. The highest BCUT2D eigenvalue weighted by Crippen LogP contribution is 2.20. The summed E-state index contributed by atoms with van der Waals surface area (Å²) in [6, 6.07) is 7.73. The maximum atomic E-state index is 12.3. The fourth-order valence-electron chi connectivity index (χ4n) is 2.20. The van der Waals surface area contributed by atoms with E-state index in [0.717, 1.165) is 11.1 Å². The Morgan fingerprint density at radius 2 is 2.05 bits per heavy atom. The second-order valence-corrected chi connectivity index (χ2v) is 4.98. The third kappa shape index (κ3) is 2.79. The zero-order valence-electron chi connectivity index (χ0n) is 12.6. The molecule has 0 aliphatic heterocycles. The van der Waals surface area contributed by atoms with Crippen molar-refractivity contribution in [3.8, 4) is 11.8 Å². The van der Waals surface area contributed by atoms with E-state index in [-0.39, 0.29) is 17.7 Å². The fraction of sp³-hybridized carbons (Fsp3) is 0.312. The molecule has 2 aromatic rings. The van der Waals surface area contributed by atoms with E-state index in [1.165, 1.54) is 4.68 Å². The standard InChI is InChI=1S/C16H17N3O2/c1-10-5-6-15(21-4)13(7-10)9-19-16(20)14(8-17)11(2)12(3)18-19/h5-7H,9H2,1-4H3. The first kappa shape index (κ1) is 14.8. The summed E-state index contributed by atoms with van der Waals surface area (Å²) in [6.45, 7) is 5.78. The minimum absolute atomic E-state index is 0.147. The summed E-state index contributed by atoms with van der Waals surface area (Å²) in [7, 11) is 1.59. The van der Waals surface area contributed by atoms with Gasteiger partial charge < -0.3 is 4.74 Å². The molecule has 0 aliphatic carbocycles. The minimum Gasteiger partial charge on any atom is -0.496 e. The van der Waals surface area contributed by atoms with Gasteiger partial charge in [-0.25, -0.2) is 4.68 Å². The average Bonchev–Trinajstić information content (AvgIpc) is 2.46. The number of benzene rings is 1. The molecular weight excluding hydrogens is 266 g/mol. The summed E-state index contributed by atoms with van der Waals surface area (Å²) < 4.78 is 6.63. The van der Waals surface area contributed by atoms with E-state index < -0.39 is 0 Å². The van der Waals surface area contributed by atoms with Gasteiger partial charge in [0.25, 0.3) is 5.56 Å². The van der Waals surface area contributed by atoms with Crippen LogP contribution in [0.5, 0.6) is 5.75 Å². The molecule has 108 valence electrons. The molecule has 0 unspecified atom stereocenters. The Morgan fingerprint density at radius 1 is 1.33 bits per heavy atom. The summed E-state index contributed by atoms with van der Waals surface area (Å²) in [4.78, 5) is 12.3. The number of aromatic nitrogens is 2. The molecule has 0 bridgehead atoms. The predicted octanol–water partition coefficient (Wildman–Crippen LogP) is 2.10. The summed E-state index contributed by atoms with van der Waals surface area (Å²) in [5.74, 6) is 0.700. The van der Waals surface area contributed by atoms with E-state index in [1.54, 1.807) is 21.0 Å². The lowest BCUT2D eigenvalue weighted by molar-refractivity contribution is 0.406. The number of hydrogen-bond donors (Lipinski definition) is 0. The first-order valence-electron chi connectivity index (χ1n) is 6.60. The van der Waals surface area contributed by atoms with Crippen LogP contribution in [0.2, 0.25) is 0 Å². The van der Waals surface area contributed by atoms with Crippen molar-refractivity contribution < 1.29 is 4.74 Å². The van der Waals surface area contributed by atoms with Crippen LogP contribution in [0, 0.1) is 32.1 Å². The van der Waals surface area contributed by atoms with Crippen LogP contribution in [0.25, 0.3) is 0 Å². The summed E-state index contributed by atoms with van der Waals surface area (Å²) >= 11 is 0. The van der Waals surface area contributed by atoms with Crippen molar-refractivity contribution in [2.24, 2.45) is 0 Å². The summed E-state index contributed by atoms with van der Waals surface area (Å²) in [5.41, 5.74) is 3.02. The molecule has 0 amide bonds. The number of nitriles is 1. The van der Waals surface area contributed by atoms with E-state index in [9.17, 15) is 4.79 Å². The largest absolute Gasteiger partial charge is 0.496 e. The third-order valence-corrected chi connectivity index (χ3v) is 3.50. The molecule has 5 nitrogen and oxygen atoms in total. The molecule has 0 atom stereocenters. The molecule has 0 spiro atoms. The van der Waals surface area contributed by atoms with Crippen LogP contribution in [0.1, 0.15) is 27.9 Å². The van der Waals surface area contributed by atoms with Gasteiger partial charge in [0.2, 0.25) is 0 Å². The van der Waals surface area contributed by atoms with Gasteiger partial charge in [0.15, 0.2) is 0 Å². The average molecular weight is 283 g/mol. The van der Waals surface area contributed by atoms with Gasteiger partial charge in [-0.3, -0.25) is 4.79 Å². The van der Waals surface area contributed by atoms with Crippen LogP contribution in [-0.2, 0) is 6.54 Å². The highest BCUT2D eigenvalue weighted by Gasteiger charge is 2.13. The quantitative estimate of drug-likeness (QED) is 0.865. The zero-order valence-corrected chi connectivity index (χ0v) is 12.6. The van der Waals surface area contributed by atoms with E-state index in [4.69, 9.17) is 10.00 Å². The first-order chi connectivity index (χ1) is 9.97. The van der Waals surface area contributed by atoms with Crippen molar-refractivity contribution in [2.75, 3.05) is 7.11 Å². The molecule has 1 aromatic carbocycles. The molecule has 0 fully saturated rings. The molecule has 0 radical (unpaired) electrons. The van der Waals surface area contributed by atoms with E-state index >= 15 is 0 Å². The van der Waals surface area contributed by atoms with Gasteiger partial charge in [-0.05, 0) is 32.4 Å². The Hall–Kier alpha value is -2.61. The van der Waals surface area contributed by atoms with Gasteiger partial charge in [-0.1, -0.05) is 17.7 Å². The van der Waals surface area contributed by atoms with Gasteiger partial charge in [-0.2, -0.15) is 10.4 Å². The Morgan fingerprint density at radius 3 is 2.67 bits per heavy atom. The minimum atomic E-state index is -0.371. The molecule has 1 heterocycles. The number of methoxy groups -OCH3 is 1. The molecular formula is C16H17N3O2. The number of rotatable bonds is 3. The molecule has 0 saturated carbocycles. The van der Waals surface area contributed by atoms with Crippen LogP contribution in [-0.4, -0.2) is 16.9 Å². The Balaban J connectivity index is 2.56. The molecule has 0 N–H and O–H groups in total. The molecule has 5 heteroatoms. The number of hydrogen-bond acceptors (Lipinski definition) is 4. The molecule has 0 aliphatic rings. The van der Waals surface area contributed by atoms with E-state index in [1.807, 2.05) is 31.2 Å². The molecule has 2 rings (SSSR count). The van der Waals surface area contributed by atoms with Crippen molar-refractivity contribution in [1.29, 1.82) is 5.26 Å².